The van der Waals surface area contributed by atoms with Gasteiger partial charge in [-0.3, -0.25) is 0 Å². The molecule has 0 fully saturated rings. The van der Waals surface area contributed by atoms with E-state index in [-0.39, 0.29) is 10.9 Å². The molecule has 6 heteroatoms. The van der Waals surface area contributed by atoms with E-state index < -0.39 is 10.0 Å². The predicted molar refractivity (Wildman–Crippen MR) is 70.1 cm³/mol. The average Bonchev–Trinajstić information content (AvgIpc) is 2.59. The highest BCUT2D eigenvalue weighted by atomic mass is 32.2. The van der Waals surface area contributed by atoms with Crippen molar-refractivity contribution in [2.45, 2.75) is 38.6 Å². The minimum absolute atomic E-state index is 0.143. The quantitative estimate of drug-likeness (QED) is 0.919. The third-order valence-corrected chi connectivity index (χ3v) is 4.26. The van der Waals surface area contributed by atoms with Crippen LogP contribution in [-0.2, 0) is 10.0 Å². The van der Waals surface area contributed by atoms with Gasteiger partial charge in [-0.05, 0) is 39.8 Å². The van der Waals surface area contributed by atoms with Gasteiger partial charge >= 0.3 is 0 Å². The number of aryl methyl sites for hydroxylation is 2. The second-order valence-corrected chi connectivity index (χ2v) is 6.37. The van der Waals surface area contributed by atoms with Gasteiger partial charge in [0.2, 0.25) is 10.0 Å². The van der Waals surface area contributed by atoms with Gasteiger partial charge in [-0.1, -0.05) is 0 Å². The highest BCUT2D eigenvalue weighted by Gasteiger charge is 2.21. The molecule has 0 saturated heterocycles. The lowest BCUT2D eigenvalue weighted by atomic mass is 10.3. The third kappa shape index (κ3) is 2.26. The third-order valence-electron chi connectivity index (χ3n) is 2.58. The van der Waals surface area contributed by atoms with Crippen LogP contribution in [0.3, 0.4) is 0 Å². The maximum Gasteiger partial charge on any atom is 0.244 e. The monoisotopic (exact) mass is 267 g/mol. The minimum atomic E-state index is -3.51. The largest absolute Gasteiger partial charge is 0.305 e. The van der Waals surface area contributed by atoms with Gasteiger partial charge in [-0.2, -0.15) is 0 Å². The molecular formula is C12H17N3O2S. The van der Waals surface area contributed by atoms with Gasteiger partial charge in [0.1, 0.15) is 4.90 Å². The first-order valence-electron chi connectivity index (χ1n) is 5.79. The van der Waals surface area contributed by atoms with Gasteiger partial charge in [0.25, 0.3) is 0 Å². The highest BCUT2D eigenvalue weighted by Crippen LogP contribution is 2.19. The molecule has 5 nitrogen and oxygen atoms in total. The molecular weight excluding hydrogens is 250 g/mol. The molecule has 0 aromatic carbocycles. The van der Waals surface area contributed by atoms with Gasteiger partial charge in [0.05, 0.1) is 0 Å². The summed E-state index contributed by atoms with van der Waals surface area (Å²) in [6.45, 7) is 7.36. The second-order valence-electron chi connectivity index (χ2n) is 4.69. The van der Waals surface area contributed by atoms with E-state index in [0.717, 1.165) is 11.4 Å². The Labute approximate surface area is 107 Å². The molecule has 0 aliphatic rings. The van der Waals surface area contributed by atoms with Crippen molar-refractivity contribution < 1.29 is 8.42 Å². The maximum atomic E-state index is 12.2. The fourth-order valence-corrected chi connectivity index (χ4v) is 3.33. The number of fused-ring (bicyclic) bond motifs is 1. The van der Waals surface area contributed by atoms with E-state index in [1.54, 1.807) is 30.5 Å². The molecule has 0 bridgehead atoms. The van der Waals surface area contributed by atoms with Crippen LogP contribution in [0.2, 0.25) is 0 Å². The summed E-state index contributed by atoms with van der Waals surface area (Å²) in [6.07, 6.45) is 1.73. The summed E-state index contributed by atoms with van der Waals surface area (Å²) in [5.41, 5.74) is 2.24. The molecule has 0 unspecified atom stereocenters. The molecule has 98 valence electrons. The minimum Gasteiger partial charge on any atom is -0.305 e. The van der Waals surface area contributed by atoms with Gasteiger partial charge in [0.15, 0.2) is 5.65 Å². The Morgan fingerprint density at radius 1 is 1.33 bits per heavy atom. The molecule has 2 aromatic heterocycles. The van der Waals surface area contributed by atoms with Crippen molar-refractivity contribution in [2.24, 2.45) is 0 Å². The zero-order chi connectivity index (χ0) is 13.5. The molecule has 2 rings (SSSR count). The van der Waals surface area contributed by atoms with Gasteiger partial charge in [-0.25, -0.2) is 18.1 Å². The Bertz CT molecular complexity index is 687. The van der Waals surface area contributed by atoms with Crippen molar-refractivity contribution in [3.63, 3.8) is 0 Å². The van der Waals surface area contributed by atoms with E-state index in [2.05, 4.69) is 9.71 Å². The van der Waals surface area contributed by atoms with Crippen LogP contribution in [0.1, 0.15) is 25.2 Å². The Kier molecular flexibility index (Phi) is 3.16. The van der Waals surface area contributed by atoms with E-state index in [1.165, 1.54) is 0 Å². The summed E-state index contributed by atoms with van der Waals surface area (Å²) in [4.78, 5) is 4.54. The standard InChI is InChI=1S/C12H17N3O2S/c1-8(2)14-18(16,17)11-5-6-15-10(4)7-9(3)13-12(11)15/h5-8,14H,1-4H3. The highest BCUT2D eigenvalue weighted by molar-refractivity contribution is 7.89. The Morgan fingerprint density at radius 2 is 2.00 bits per heavy atom. The van der Waals surface area contributed by atoms with E-state index in [4.69, 9.17) is 0 Å². The molecule has 0 saturated carbocycles. The Morgan fingerprint density at radius 3 is 2.61 bits per heavy atom. The normalized spacial score (nSPS) is 12.5. The first-order valence-corrected chi connectivity index (χ1v) is 7.27. The van der Waals surface area contributed by atoms with Crippen molar-refractivity contribution >= 4 is 15.7 Å². The second kappa shape index (κ2) is 4.37. The summed E-state index contributed by atoms with van der Waals surface area (Å²) in [6, 6.07) is 3.36. The first-order chi connectivity index (χ1) is 8.31. The number of sulfonamides is 1. The van der Waals surface area contributed by atoms with Crippen LogP contribution >= 0.6 is 0 Å². The van der Waals surface area contributed by atoms with Crippen molar-refractivity contribution in [2.75, 3.05) is 0 Å². The zero-order valence-electron chi connectivity index (χ0n) is 10.9. The van der Waals surface area contributed by atoms with E-state index in [9.17, 15) is 8.42 Å². The molecule has 0 aliphatic carbocycles. The van der Waals surface area contributed by atoms with Gasteiger partial charge < -0.3 is 4.40 Å². The van der Waals surface area contributed by atoms with Crippen molar-refractivity contribution in [1.82, 2.24) is 14.1 Å². The predicted octanol–water partition coefficient (Wildman–Crippen LogP) is 1.64. The maximum absolute atomic E-state index is 12.2. The van der Waals surface area contributed by atoms with E-state index >= 15 is 0 Å². The van der Waals surface area contributed by atoms with Crippen LogP contribution in [-0.4, -0.2) is 23.8 Å². The molecule has 0 atom stereocenters. The lowest BCUT2D eigenvalue weighted by Gasteiger charge is -2.09. The summed E-state index contributed by atoms with van der Waals surface area (Å²) in [5.74, 6) is 0. The average molecular weight is 267 g/mol. The van der Waals surface area contributed by atoms with Crippen LogP contribution in [0.5, 0.6) is 0 Å². The first kappa shape index (κ1) is 13.0. The van der Waals surface area contributed by atoms with Gasteiger partial charge in [-0.15, -0.1) is 0 Å². The van der Waals surface area contributed by atoms with Gasteiger partial charge in [0, 0.05) is 23.6 Å². The SMILES string of the molecule is Cc1cc(C)n2ccc(S(=O)(=O)NC(C)C)c2n1. The smallest absolute Gasteiger partial charge is 0.244 e. The van der Waals surface area contributed by atoms with Crippen LogP contribution in [0, 0.1) is 13.8 Å². The summed E-state index contributed by atoms with van der Waals surface area (Å²) >= 11 is 0. The molecule has 0 aliphatic heterocycles. The molecule has 2 heterocycles. The lowest BCUT2D eigenvalue weighted by Crippen LogP contribution is -2.30. The Hall–Kier alpha value is -1.40. The molecule has 1 N–H and O–H groups in total. The zero-order valence-corrected chi connectivity index (χ0v) is 11.7. The van der Waals surface area contributed by atoms with Crippen molar-refractivity contribution in [1.29, 1.82) is 0 Å². The summed E-state index contributed by atoms with van der Waals surface area (Å²) < 4.78 is 28.7. The van der Waals surface area contributed by atoms with Crippen LogP contribution in [0.15, 0.2) is 23.2 Å². The molecule has 0 spiro atoms. The topological polar surface area (TPSA) is 63.5 Å². The number of hydrogen-bond acceptors (Lipinski definition) is 3. The number of aromatic nitrogens is 2. The fraction of sp³-hybridized carbons (Fsp3) is 0.417. The van der Waals surface area contributed by atoms with Crippen LogP contribution in [0.4, 0.5) is 0 Å². The van der Waals surface area contributed by atoms with E-state index in [0.29, 0.717) is 5.65 Å². The Balaban J connectivity index is 2.66. The molecule has 0 radical (unpaired) electrons. The lowest BCUT2D eigenvalue weighted by molar-refractivity contribution is 0.570. The molecule has 18 heavy (non-hydrogen) atoms. The summed E-state index contributed by atoms with van der Waals surface area (Å²) in [7, 11) is -3.51. The van der Waals surface area contributed by atoms with Crippen molar-refractivity contribution in [3.8, 4) is 0 Å². The molecule has 0 amide bonds. The number of nitrogens with one attached hydrogen (secondary N) is 1. The number of hydrogen-bond donors (Lipinski definition) is 1. The van der Waals surface area contributed by atoms with E-state index in [1.807, 2.05) is 19.9 Å². The van der Waals surface area contributed by atoms with Crippen LogP contribution < -0.4 is 4.72 Å². The molecule has 2 aromatic rings. The number of rotatable bonds is 3. The summed E-state index contributed by atoms with van der Waals surface area (Å²) in [5, 5.41) is 0. The fourth-order valence-electron chi connectivity index (χ4n) is 1.95. The van der Waals surface area contributed by atoms with Crippen molar-refractivity contribution in [3.05, 3.63) is 29.7 Å². The van der Waals surface area contributed by atoms with Crippen LogP contribution in [0.25, 0.3) is 5.65 Å². The number of nitrogens with zero attached hydrogens (tertiary/aromatic N) is 2.